The number of aryl methyl sites for hydroxylation is 1. The normalized spacial score (nSPS) is 10.9. The van der Waals surface area contributed by atoms with Crippen LogP contribution in [0.5, 0.6) is 0 Å². The van der Waals surface area contributed by atoms with Crippen LogP contribution in [0, 0.1) is 6.92 Å². The van der Waals surface area contributed by atoms with Crippen LogP contribution in [0.3, 0.4) is 0 Å². The third kappa shape index (κ3) is 4.16. The fourth-order valence-corrected chi connectivity index (χ4v) is 3.73. The summed E-state index contributed by atoms with van der Waals surface area (Å²) in [5, 5.41) is 14.0. The highest BCUT2D eigenvalue weighted by atomic mass is 16.4. The lowest BCUT2D eigenvalue weighted by Crippen LogP contribution is -2.11. The zero-order valence-electron chi connectivity index (χ0n) is 16.4. The number of carboxylic acids is 1. The average Bonchev–Trinajstić information content (AvgIpc) is 3.01. The molecular weight excluding hydrogens is 360 g/mol. The van der Waals surface area contributed by atoms with Gasteiger partial charge in [-0.3, -0.25) is 4.79 Å². The first-order chi connectivity index (χ1) is 14.1. The van der Waals surface area contributed by atoms with Crippen molar-refractivity contribution in [1.29, 1.82) is 0 Å². The van der Waals surface area contributed by atoms with Crippen molar-refractivity contribution in [2.24, 2.45) is 0 Å². The minimum absolute atomic E-state index is 0.0153. The van der Waals surface area contributed by atoms with E-state index in [1.165, 1.54) is 11.1 Å². The number of anilines is 1. The Morgan fingerprint density at radius 2 is 1.59 bits per heavy atom. The maximum absolute atomic E-state index is 11.6. The van der Waals surface area contributed by atoms with Gasteiger partial charge < -0.3 is 15.0 Å². The van der Waals surface area contributed by atoms with Crippen molar-refractivity contribution in [3.63, 3.8) is 0 Å². The highest BCUT2D eigenvalue weighted by Crippen LogP contribution is 2.32. The summed E-state index contributed by atoms with van der Waals surface area (Å²) in [4.78, 5) is 11.6. The molecule has 0 radical (unpaired) electrons. The smallest absolute Gasteiger partial charge is 0.307 e. The predicted molar refractivity (Wildman–Crippen MR) is 117 cm³/mol. The van der Waals surface area contributed by atoms with Crippen LogP contribution in [0.1, 0.15) is 22.3 Å². The fraction of sp³-hybridized carbons (Fsp3) is 0.160. The molecule has 29 heavy (non-hydrogen) atoms. The van der Waals surface area contributed by atoms with Crippen molar-refractivity contribution in [2.75, 3.05) is 5.32 Å². The second-order valence-electron chi connectivity index (χ2n) is 7.33. The van der Waals surface area contributed by atoms with E-state index < -0.39 is 5.97 Å². The molecule has 4 heteroatoms. The van der Waals surface area contributed by atoms with Gasteiger partial charge in [-0.1, -0.05) is 78.4 Å². The molecule has 0 aliphatic carbocycles. The van der Waals surface area contributed by atoms with Crippen LogP contribution in [0.25, 0.3) is 10.9 Å². The Labute approximate surface area is 170 Å². The number of aliphatic carboxylic acids is 1. The summed E-state index contributed by atoms with van der Waals surface area (Å²) in [5.74, 6) is 0.0454. The number of nitrogens with zero attached hydrogens (tertiary/aromatic N) is 1. The second kappa shape index (κ2) is 8.23. The number of nitrogens with one attached hydrogen (secondary N) is 1. The summed E-state index contributed by atoms with van der Waals surface area (Å²) < 4.78 is 2.19. The van der Waals surface area contributed by atoms with Gasteiger partial charge in [-0.25, -0.2) is 0 Å². The molecule has 0 aliphatic rings. The van der Waals surface area contributed by atoms with E-state index in [0.29, 0.717) is 13.1 Å². The topological polar surface area (TPSA) is 54.3 Å². The number of hydrogen-bond acceptors (Lipinski definition) is 2. The van der Waals surface area contributed by atoms with Gasteiger partial charge in [-0.05, 0) is 24.1 Å². The summed E-state index contributed by atoms with van der Waals surface area (Å²) in [6, 6.07) is 26.6. The molecule has 0 bridgehead atoms. The first kappa shape index (κ1) is 18.8. The number of fused-ring (bicyclic) bond motifs is 1. The molecule has 4 rings (SSSR count). The highest BCUT2D eigenvalue weighted by molar-refractivity contribution is 5.93. The summed E-state index contributed by atoms with van der Waals surface area (Å²) in [5.41, 5.74) is 5.43. The van der Waals surface area contributed by atoms with Crippen LogP contribution in [-0.2, 0) is 24.3 Å². The van der Waals surface area contributed by atoms with E-state index in [0.717, 1.165) is 27.8 Å². The van der Waals surface area contributed by atoms with Gasteiger partial charge >= 0.3 is 5.97 Å². The molecule has 0 amide bonds. The van der Waals surface area contributed by atoms with Gasteiger partial charge in [-0.2, -0.15) is 0 Å². The Hall–Kier alpha value is -3.53. The fourth-order valence-electron chi connectivity index (χ4n) is 3.73. The van der Waals surface area contributed by atoms with E-state index in [2.05, 4.69) is 59.3 Å². The van der Waals surface area contributed by atoms with Crippen molar-refractivity contribution in [3.05, 3.63) is 101 Å². The van der Waals surface area contributed by atoms with Crippen molar-refractivity contribution in [3.8, 4) is 0 Å². The lowest BCUT2D eigenvalue weighted by Gasteiger charge is -2.15. The van der Waals surface area contributed by atoms with Crippen LogP contribution in [0.4, 0.5) is 5.82 Å². The Bertz CT molecular complexity index is 1130. The molecule has 0 aliphatic heterocycles. The van der Waals surface area contributed by atoms with Gasteiger partial charge in [0.15, 0.2) is 0 Å². The number of aromatic nitrogens is 1. The van der Waals surface area contributed by atoms with Gasteiger partial charge in [0, 0.05) is 24.0 Å². The van der Waals surface area contributed by atoms with Crippen molar-refractivity contribution in [1.82, 2.24) is 4.57 Å². The first-order valence-corrected chi connectivity index (χ1v) is 9.77. The third-order valence-corrected chi connectivity index (χ3v) is 5.17. The molecule has 2 N–H and O–H groups in total. The average molecular weight is 384 g/mol. The molecule has 4 nitrogen and oxygen atoms in total. The monoisotopic (exact) mass is 384 g/mol. The molecule has 1 aromatic heterocycles. The zero-order valence-corrected chi connectivity index (χ0v) is 16.4. The number of hydrogen-bond donors (Lipinski definition) is 2. The standard InChI is InChI=1S/C25H24N2O2/c1-18-11-13-19(14-12-18)16-26-25-22(15-24(28)29)21-9-5-6-10-23(21)27(25)17-20-7-3-2-4-8-20/h2-14,26H,15-17H2,1H3,(H,28,29). The number of carbonyl (C=O) groups is 1. The Kier molecular flexibility index (Phi) is 5.34. The van der Waals surface area contributed by atoms with Gasteiger partial charge in [0.2, 0.25) is 0 Å². The van der Waals surface area contributed by atoms with Crippen molar-refractivity contribution < 1.29 is 9.90 Å². The van der Waals surface area contributed by atoms with E-state index in [1.807, 2.05) is 36.4 Å². The summed E-state index contributed by atoms with van der Waals surface area (Å²) in [6.07, 6.45) is -0.0153. The Morgan fingerprint density at radius 1 is 0.897 bits per heavy atom. The second-order valence-corrected chi connectivity index (χ2v) is 7.33. The van der Waals surface area contributed by atoms with Crippen molar-refractivity contribution in [2.45, 2.75) is 26.4 Å². The maximum atomic E-state index is 11.6. The lowest BCUT2D eigenvalue weighted by atomic mass is 10.1. The van der Waals surface area contributed by atoms with Gasteiger partial charge in [0.25, 0.3) is 0 Å². The molecule has 0 saturated heterocycles. The van der Waals surface area contributed by atoms with Crippen LogP contribution in [0.2, 0.25) is 0 Å². The lowest BCUT2D eigenvalue weighted by molar-refractivity contribution is -0.136. The Morgan fingerprint density at radius 3 is 2.31 bits per heavy atom. The van der Waals surface area contributed by atoms with Crippen LogP contribution in [0.15, 0.2) is 78.9 Å². The van der Waals surface area contributed by atoms with E-state index in [1.54, 1.807) is 0 Å². The third-order valence-electron chi connectivity index (χ3n) is 5.17. The summed E-state index contributed by atoms with van der Waals surface area (Å²) in [6.45, 7) is 3.38. The Balaban J connectivity index is 1.78. The van der Waals surface area contributed by atoms with E-state index >= 15 is 0 Å². The first-order valence-electron chi connectivity index (χ1n) is 9.77. The molecular formula is C25H24N2O2. The van der Waals surface area contributed by atoms with Crippen molar-refractivity contribution >= 4 is 22.7 Å². The molecule has 0 fully saturated rings. The maximum Gasteiger partial charge on any atom is 0.307 e. The molecule has 0 atom stereocenters. The quantitative estimate of drug-likeness (QED) is 0.458. The SMILES string of the molecule is Cc1ccc(CNc2c(CC(=O)O)c3ccccc3n2Cc2ccccc2)cc1. The van der Waals surface area contributed by atoms with Gasteiger partial charge in [0.1, 0.15) is 5.82 Å². The molecule has 4 aromatic rings. The number of para-hydroxylation sites is 1. The van der Waals surface area contributed by atoms with Crippen LogP contribution in [-0.4, -0.2) is 15.6 Å². The molecule has 3 aromatic carbocycles. The van der Waals surface area contributed by atoms with Gasteiger partial charge in [-0.15, -0.1) is 0 Å². The minimum Gasteiger partial charge on any atom is -0.481 e. The summed E-state index contributed by atoms with van der Waals surface area (Å²) >= 11 is 0. The van der Waals surface area contributed by atoms with E-state index in [-0.39, 0.29) is 6.42 Å². The highest BCUT2D eigenvalue weighted by Gasteiger charge is 2.19. The number of rotatable bonds is 7. The molecule has 146 valence electrons. The number of carboxylic acid groups (broad SMARTS) is 1. The minimum atomic E-state index is -0.828. The largest absolute Gasteiger partial charge is 0.481 e. The van der Waals surface area contributed by atoms with E-state index in [9.17, 15) is 9.90 Å². The number of benzene rings is 3. The summed E-state index contributed by atoms with van der Waals surface area (Å²) in [7, 11) is 0. The molecule has 0 saturated carbocycles. The van der Waals surface area contributed by atoms with E-state index in [4.69, 9.17) is 0 Å². The predicted octanol–water partition coefficient (Wildman–Crippen LogP) is 5.24. The van der Waals surface area contributed by atoms with Gasteiger partial charge in [0.05, 0.1) is 11.9 Å². The molecule has 1 heterocycles. The molecule has 0 unspecified atom stereocenters. The molecule has 0 spiro atoms. The van der Waals surface area contributed by atoms with Crippen LogP contribution < -0.4 is 5.32 Å². The van der Waals surface area contributed by atoms with Crippen LogP contribution >= 0.6 is 0 Å². The zero-order chi connectivity index (χ0) is 20.2.